The average Bonchev–Trinajstić information content (AvgIpc) is 3.64. The normalized spacial score (nSPS) is 19.9. The van der Waals surface area contributed by atoms with E-state index in [1.807, 2.05) is 32.6 Å². The lowest BCUT2D eigenvalue weighted by molar-refractivity contribution is -0.125. The smallest absolute Gasteiger partial charge is 0.341 e. The van der Waals surface area contributed by atoms with Gasteiger partial charge in [0.25, 0.3) is 0 Å². The number of benzene rings is 1. The van der Waals surface area contributed by atoms with Crippen LogP contribution in [0.1, 0.15) is 63.4 Å². The van der Waals surface area contributed by atoms with E-state index in [4.69, 9.17) is 10.5 Å². The fraction of sp³-hybridized carbons (Fsp3) is 0.577. The van der Waals surface area contributed by atoms with E-state index in [0.717, 1.165) is 18.9 Å². The number of halogens is 2. The molecule has 1 amide bonds. The molecule has 4 rings (SSSR count). The number of amides is 1. The molecule has 2 fully saturated rings. The Hall–Kier alpha value is -2.85. The molecule has 0 spiro atoms. The number of nitrogens with zero attached hydrogens (tertiary/aromatic N) is 2. The highest BCUT2D eigenvalue weighted by atomic mass is 35.5. The molecule has 1 saturated heterocycles. The summed E-state index contributed by atoms with van der Waals surface area (Å²) in [6.45, 7) is 8.69. The molecule has 1 aromatic heterocycles. The summed E-state index contributed by atoms with van der Waals surface area (Å²) in [7, 11) is 1.43. The summed E-state index contributed by atoms with van der Waals surface area (Å²) >= 11 is 0. The first-order valence-corrected chi connectivity index (χ1v) is 12.4. The maximum absolute atomic E-state index is 15.7. The van der Waals surface area contributed by atoms with E-state index in [1.165, 1.54) is 13.3 Å². The maximum Gasteiger partial charge on any atom is 0.341 e. The molecule has 1 aliphatic heterocycles. The first kappa shape index (κ1) is 28.7. The number of anilines is 1. The Balaban J connectivity index is 0.00000380. The van der Waals surface area contributed by atoms with Crippen LogP contribution in [0.15, 0.2) is 17.1 Å². The second-order valence-electron chi connectivity index (χ2n) is 11.0. The number of hydrogen-bond acceptors (Lipinski definition) is 6. The molecule has 1 aliphatic carbocycles. The van der Waals surface area contributed by atoms with E-state index in [1.54, 1.807) is 4.57 Å². The van der Waals surface area contributed by atoms with Crippen molar-refractivity contribution < 1.29 is 23.8 Å². The van der Waals surface area contributed by atoms with Crippen molar-refractivity contribution in [2.75, 3.05) is 25.1 Å². The molecule has 9 nitrogen and oxygen atoms in total. The number of aromatic nitrogens is 1. The number of nitrogens with two attached hydrogens (primary N) is 1. The number of fused-ring (bicyclic) bond motifs is 1. The molecular formula is C26H36ClFN4O5. The Bertz CT molecular complexity index is 1270. The van der Waals surface area contributed by atoms with Gasteiger partial charge in [-0.15, -0.1) is 12.4 Å². The third-order valence-corrected chi connectivity index (χ3v) is 7.46. The summed E-state index contributed by atoms with van der Waals surface area (Å²) in [5.74, 6) is -1.97. The van der Waals surface area contributed by atoms with Crippen LogP contribution in [0.3, 0.4) is 0 Å². The zero-order valence-corrected chi connectivity index (χ0v) is 22.7. The molecule has 0 radical (unpaired) electrons. The first-order chi connectivity index (χ1) is 16.9. The van der Waals surface area contributed by atoms with E-state index in [9.17, 15) is 19.5 Å². The summed E-state index contributed by atoms with van der Waals surface area (Å²) in [5.41, 5.74) is 5.13. The second-order valence-corrected chi connectivity index (χ2v) is 11.0. The number of carboxylic acid groups (broad SMARTS) is 1. The minimum absolute atomic E-state index is 0. The van der Waals surface area contributed by atoms with Gasteiger partial charge in [0, 0.05) is 36.8 Å². The fourth-order valence-corrected chi connectivity index (χ4v) is 5.11. The van der Waals surface area contributed by atoms with Gasteiger partial charge in [-0.25, -0.2) is 9.18 Å². The first-order valence-electron chi connectivity index (χ1n) is 12.4. The molecule has 2 heterocycles. The Morgan fingerprint density at radius 3 is 2.43 bits per heavy atom. The summed E-state index contributed by atoms with van der Waals surface area (Å²) in [6.07, 6.45) is 3.59. The molecule has 1 aromatic carbocycles. The van der Waals surface area contributed by atoms with E-state index in [2.05, 4.69) is 5.32 Å². The molecule has 37 heavy (non-hydrogen) atoms. The Labute approximate surface area is 221 Å². The highest BCUT2D eigenvalue weighted by Crippen LogP contribution is 2.45. The lowest BCUT2D eigenvalue weighted by Crippen LogP contribution is -2.58. The van der Waals surface area contributed by atoms with Gasteiger partial charge in [-0.1, -0.05) is 27.7 Å². The van der Waals surface area contributed by atoms with Crippen LogP contribution >= 0.6 is 12.4 Å². The fourth-order valence-electron chi connectivity index (χ4n) is 5.11. The van der Waals surface area contributed by atoms with Gasteiger partial charge in [0.1, 0.15) is 11.3 Å². The highest BCUT2D eigenvalue weighted by molar-refractivity contribution is 5.97. The molecule has 204 valence electrons. The monoisotopic (exact) mass is 538 g/mol. The zero-order chi connectivity index (χ0) is 26.5. The van der Waals surface area contributed by atoms with Crippen molar-refractivity contribution in [3.63, 3.8) is 0 Å². The number of carbonyl (C=O) groups excluding carboxylic acids is 1. The minimum atomic E-state index is -1.34. The third kappa shape index (κ3) is 5.27. The molecule has 4 N–H and O–H groups in total. The van der Waals surface area contributed by atoms with E-state index in [-0.39, 0.29) is 58.7 Å². The molecule has 0 bridgehead atoms. The van der Waals surface area contributed by atoms with Crippen LogP contribution in [0.2, 0.25) is 0 Å². The highest BCUT2D eigenvalue weighted by Gasteiger charge is 2.40. The van der Waals surface area contributed by atoms with Gasteiger partial charge in [-0.2, -0.15) is 0 Å². The molecule has 11 heteroatoms. The van der Waals surface area contributed by atoms with Gasteiger partial charge in [0.15, 0.2) is 11.6 Å². The summed E-state index contributed by atoms with van der Waals surface area (Å²) in [4.78, 5) is 39.1. The van der Waals surface area contributed by atoms with Crippen LogP contribution in [-0.2, 0) is 4.79 Å². The lowest BCUT2D eigenvalue weighted by atomic mass is 9.78. The number of carbonyl (C=O) groups is 2. The van der Waals surface area contributed by atoms with Crippen molar-refractivity contribution in [1.29, 1.82) is 0 Å². The van der Waals surface area contributed by atoms with Gasteiger partial charge in [0.2, 0.25) is 11.3 Å². The predicted octanol–water partition coefficient (Wildman–Crippen LogP) is 3.31. The van der Waals surface area contributed by atoms with E-state index >= 15 is 4.39 Å². The van der Waals surface area contributed by atoms with Crippen LogP contribution in [0.5, 0.6) is 5.75 Å². The summed E-state index contributed by atoms with van der Waals surface area (Å²) < 4.78 is 23.1. The number of methoxy groups -OCH3 is 1. The summed E-state index contributed by atoms with van der Waals surface area (Å²) in [5, 5.41) is 12.6. The number of carboxylic acids is 1. The van der Waals surface area contributed by atoms with Crippen molar-refractivity contribution in [3.8, 4) is 5.75 Å². The van der Waals surface area contributed by atoms with E-state index in [0.29, 0.717) is 25.0 Å². The molecular weight excluding hydrogens is 503 g/mol. The van der Waals surface area contributed by atoms with Crippen LogP contribution in [0, 0.1) is 17.2 Å². The quantitative estimate of drug-likeness (QED) is 0.493. The van der Waals surface area contributed by atoms with Crippen molar-refractivity contribution in [2.24, 2.45) is 17.1 Å². The second kappa shape index (κ2) is 10.5. The van der Waals surface area contributed by atoms with Crippen molar-refractivity contribution in [2.45, 2.75) is 65.1 Å². The SMILES string of the molecule is COc1c(N2CCC(NC(=O)[C@@H](N)C(C)C)C(C)(C)C2)c(F)cc2c(=O)c(C(=O)O)cn(C3CC3)c12.Cl. The van der Waals surface area contributed by atoms with Crippen molar-refractivity contribution in [3.05, 3.63) is 33.9 Å². The third-order valence-electron chi connectivity index (χ3n) is 7.46. The van der Waals surface area contributed by atoms with Crippen LogP contribution in [0.25, 0.3) is 10.9 Å². The Morgan fingerprint density at radius 2 is 1.92 bits per heavy atom. The average molecular weight is 539 g/mol. The Morgan fingerprint density at radius 1 is 1.27 bits per heavy atom. The maximum atomic E-state index is 15.7. The number of aromatic carboxylic acids is 1. The van der Waals surface area contributed by atoms with Gasteiger partial charge >= 0.3 is 5.97 Å². The number of ether oxygens (including phenoxy) is 1. The molecule has 1 saturated carbocycles. The van der Waals surface area contributed by atoms with Crippen LogP contribution < -0.4 is 26.1 Å². The topological polar surface area (TPSA) is 127 Å². The molecule has 1 unspecified atom stereocenters. The predicted molar refractivity (Wildman–Crippen MR) is 143 cm³/mol. The number of rotatable bonds is 7. The van der Waals surface area contributed by atoms with Gasteiger partial charge < -0.3 is 30.4 Å². The molecule has 2 aromatic rings. The van der Waals surface area contributed by atoms with E-state index < -0.39 is 28.7 Å². The molecule has 2 atom stereocenters. The summed E-state index contributed by atoms with van der Waals surface area (Å²) in [6, 6.07) is 0.402. The lowest BCUT2D eigenvalue weighted by Gasteiger charge is -2.46. The largest absolute Gasteiger partial charge is 0.492 e. The number of nitrogens with one attached hydrogen (secondary N) is 1. The van der Waals surface area contributed by atoms with Crippen LogP contribution in [-0.4, -0.2) is 53.8 Å². The number of pyridine rings is 1. The van der Waals surface area contributed by atoms with Gasteiger partial charge in [-0.3, -0.25) is 9.59 Å². The standard InChI is InChI=1S/C26H35FN4O5.ClH/c1-13(2)19(28)24(33)29-18-8-9-30(12-26(18,3)4)21-17(27)10-15-20(23(21)36-5)31(14-6-7-14)11-16(22(15)32)25(34)35;/h10-11,13-14,18-19H,6-9,12,28H2,1-5H3,(H,29,33)(H,34,35);1H/t18?,19-;/m0./s1. The van der Waals surface area contributed by atoms with Crippen molar-refractivity contribution >= 4 is 40.9 Å². The van der Waals surface area contributed by atoms with Gasteiger partial charge in [0.05, 0.1) is 24.1 Å². The number of hydrogen-bond donors (Lipinski definition) is 3. The van der Waals surface area contributed by atoms with Crippen LogP contribution in [0.4, 0.5) is 10.1 Å². The minimum Gasteiger partial charge on any atom is -0.492 e. The Kier molecular flexibility index (Phi) is 8.14. The van der Waals surface area contributed by atoms with Crippen molar-refractivity contribution in [1.82, 2.24) is 9.88 Å². The zero-order valence-electron chi connectivity index (χ0n) is 21.8. The number of piperidine rings is 1. The van der Waals surface area contributed by atoms with Gasteiger partial charge in [-0.05, 0) is 31.2 Å². The molecule has 2 aliphatic rings.